The van der Waals surface area contributed by atoms with Gasteiger partial charge in [0.15, 0.2) is 0 Å². The van der Waals surface area contributed by atoms with Crippen molar-refractivity contribution in [1.29, 1.82) is 0 Å². The molecule has 0 fully saturated rings. The van der Waals surface area contributed by atoms with E-state index >= 15 is 0 Å². The van der Waals surface area contributed by atoms with Gasteiger partial charge in [-0.1, -0.05) is 6.07 Å². The van der Waals surface area contributed by atoms with E-state index in [-0.39, 0.29) is 0 Å². The standard InChI is InChI=1S/C12H16N2/c1-9-4-5-12(11(3)10(9)2)14-7-6-13-8-14/h4-5,8H,6-7H2,1-3H3/p+1. The first-order valence-electron chi connectivity index (χ1n) is 5.10. The van der Waals surface area contributed by atoms with E-state index in [9.17, 15) is 0 Å². The zero-order valence-corrected chi connectivity index (χ0v) is 9.09. The van der Waals surface area contributed by atoms with Crippen molar-refractivity contribution in [1.82, 2.24) is 5.32 Å². The SMILES string of the molecule is Cc1ccc([N+]2=CNCC2)c(C)c1C. The van der Waals surface area contributed by atoms with Gasteiger partial charge < -0.3 is 0 Å². The fourth-order valence-corrected chi connectivity index (χ4v) is 1.87. The molecule has 2 rings (SSSR count). The van der Waals surface area contributed by atoms with Crippen molar-refractivity contribution < 1.29 is 4.58 Å². The molecule has 2 nitrogen and oxygen atoms in total. The number of aryl methyl sites for hydroxylation is 1. The molecule has 1 N–H and O–H groups in total. The van der Waals surface area contributed by atoms with Crippen LogP contribution in [0.3, 0.4) is 0 Å². The number of nitrogens with one attached hydrogen (secondary N) is 1. The second-order valence-corrected chi connectivity index (χ2v) is 3.93. The van der Waals surface area contributed by atoms with Crippen LogP contribution in [0.2, 0.25) is 0 Å². The molecule has 1 aliphatic rings. The van der Waals surface area contributed by atoms with E-state index < -0.39 is 0 Å². The molecule has 1 aromatic carbocycles. The van der Waals surface area contributed by atoms with Crippen molar-refractivity contribution in [2.75, 3.05) is 13.1 Å². The molecule has 0 saturated carbocycles. The predicted molar refractivity (Wildman–Crippen MR) is 59.5 cm³/mol. The lowest BCUT2D eigenvalue weighted by atomic mass is 10.0. The van der Waals surface area contributed by atoms with Crippen LogP contribution in [0, 0.1) is 20.8 Å². The monoisotopic (exact) mass is 189 g/mol. The number of hydrogen-bond donors (Lipinski definition) is 1. The zero-order valence-electron chi connectivity index (χ0n) is 9.09. The molecular formula is C12H17N2+. The van der Waals surface area contributed by atoms with Crippen LogP contribution in [0.5, 0.6) is 0 Å². The van der Waals surface area contributed by atoms with Crippen LogP contribution in [0.25, 0.3) is 0 Å². The smallest absolute Gasteiger partial charge is 0.237 e. The fourth-order valence-electron chi connectivity index (χ4n) is 1.87. The molecule has 0 atom stereocenters. The largest absolute Gasteiger partial charge is 0.277 e. The van der Waals surface area contributed by atoms with Crippen molar-refractivity contribution in [2.24, 2.45) is 0 Å². The third-order valence-electron chi connectivity index (χ3n) is 3.08. The summed E-state index contributed by atoms with van der Waals surface area (Å²) in [6.07, 6.45) is 2.07. The molecule has 0 spiro atoms. The average Bonchev–Trinajstić information content (AvgIpc) is 2.67. The summed E-state index contributed by atoms with van der Waals surface area (Å²) in [4.78, 5) is 0. The highest BCUT2D eigenvalue weighted by atomic mass is 15.1. The van der Waals surface area contributed by atoms with E-state index in [4.69, 9.17) is 0 Å². The van der Waals surface area contributed by atoms with Gasteiger partial charge in [0, 0.05) is 0 Å². The molecular weight excluding hydrogens is 172 g/mol. The van der Waals surface area contributed by atoms with Gasteiger partial charge >= 0.3 is 0 Å². The summed E-state index contributed by atoms with van der Waals surface area (Å²) in [5.41, 5.74) is 5.50. The molecule has 1 aliphatic heterocycles. The highest BCUT2D eigenvalue weighted by Gasteiger charge is 2.14. The van der Waals surface area contributed by atoms with Gasteiger partial charge in [-0.3, -0.25) is 5.32 Å². The van der Waals surface area contributed by atoms with Gasteiger partial charge in [0.2, 0.25) is 6.34 Å². The minimum atomic E-state index is 1.05. The summed E-state index contributed by atoms with van der Waals surface area (Å²) in [6.45, 7) is 8.68. The van der Waals surface area contributed by atoms with E-state index in [1.54, 1.807) is 0 Å². The van der Waals surface area contributed by atoms with Crippen LogP contribution in [0.1, 0.15) is 16.7 Å². The van der Waals surface area contributed by atoms with Crippen molar-refractivity contribution in [3.8, 4) is 0 Å². The Morgan fingerprint density at radius 1 is 1.14 bits per heavy atom. The van der Waals surface area contributed by atoms with Crippen LogP contribution < -0.4 is 5.32 Å². The average molecular weight is 189 g/mol. The number of benzene rings is 1. The highest BCUT2D eigenvalue weighted by Crippen LogP contribution is 2.23. The Labute approximate surface area is 85.3 Å². The fraction of sp³-hybridized carbons (Fsp3) is 0.417. The molecule has 2 heteroatoms. The number of hydrogen-bond acceptors (Lipinski definition) is 1. The molecule has 74 valence electrons. The normalized spacial score (nSPS) is 15.2. The predicted octanol–water partition coefficient (Wildman–Crippen LogP) is 1.89. The lowest BCUT2D eigenvalue weighted by molar-refractivity contribution is -0.424. The van der Waals surface area contributed by atoms with Crippen molar-refractivity contribution in [3.05, 3.63) is 28.8 Å². The molecule has 0 radical (unpaired) electrons. The van der Waals surface area contributed by atoms with E-state index in [1.165, 1.54) is 22.4 Å². The highest BCUT2D eigenvalue weighted by molar-refractivity contribution is 5.56. The van der Waals surface area contributed by atoms with Gasteiger partial charge in [-0.15, -0.1) is 0 Å². The first-order valence-corrected chi connectivity index (χ1v) is 5.10. The van der Waals surface area contributed by atoms with Crippen molar-refractivity contribution in [3.63, 3.8) is 0 Å². The Morgan fingerprint density at radius 2 is 1.93 bits per heavy atom. The molecule has 14 heavy (non-hydrogen) atoms. The molecule has 0 bridgehead atoms. The Morgan fingerprint density at radius 3 is 2.57 bits per heavy atom. The van der Waals surface area contributed by atoms with Crippen LogP contribution in [0.4, 0.5) is 5.69 Å². The summed E-state index contributed by atoms with van der Waals surface area (Å²) >= 11 is 0. The van der Waals surface area contributed by atoms with Gasteiger partial charge in [-0.25, -0.2) is 4.58 Å². The Hall–Kier alpha value is -1.31. The third kappa shape index (κ3) is 1.41. The Kier molecular flexibility index (Phi) is 2.28. The second-order valence-electron chi connectivity index (χ2n) is 3.93. The van der Waals surface area contributed by atoms with Gasteiger partial charge in [-0.05, 0) is 43.5 Å². The maximum atomic E-state index is 3.23. The van der Waals surface area contributed by atoms with Crippen LogP contribution >= 0.6 is 0 Å². The molecule has 1 heterocycles. The lowest BCUT2D eigenvalue weighted by Crippen LogP contribution is -2.05. The number of nitrogens with zero attached hydrogens (tertiary/aromatic N) is 1. The topological polar surface area (TPSA) is 15.0 Å². The van der Waals surface area contributed by atoms with E-state index in [0.29, 0.717) is 0 Å². The van der Waals surface area contributed by atoms with Gasteiger partial charge in [0.05, 0.1) is 0 Å². The van der Waals surface area contributed by atoms with E-state index in [0.717, 1.165) is 13.1 Å². The van der Waals surface area contributed by atoms with E-state index in [2.05, 4.69) is 49.1 Å². The van der Waals surface area contributed by atoms with Gasteiger partial charge in [0.25, 0.3) is 0 Å². The summed E-state index contributed by atoms with van der Waals surface area (Å²) in [7, 11) is 0. The van der Waals surface area contributed by atoms with Crippen LogP contribution in [0.15, 0.2) is 12.1 Å². The molecule has 0 aromatic heterocycles. The van der Waals surface area contributed by atoms with Gasteiger partial charge in [-0.2, -0.15) is 0 Å². The zero-order chi connectivity index (χ0) is 10.1. The third-order valence-corrected chi connectivity index (χ3v) is 3.08. The summed E-state index contributed by atoms with van der Waals surface area (Å²) in [5, 5.41) is 3.23. The quantitative estimate of drug-likeness (QED) is 0.667. The van der Waals surface area contributed by atoms with Crippen LogP contribution in [-0.2, 0) is 0 Å². The minimum absolute atomic E-state index is 1.05. The van der Waals surface area contributed by atoms with Gasteiger partial charge in [0.1, 0.15) is 18.8 Å². The lowest BCUT2D eigenvalue weighted by Gasteiger charge is -2.09. The van der Waals surface area contributed by atoms with Crippen molar-refractivity contribution >= 4 is 12.0 Å². The first-order chi connectivity index (χ1) is 6.70. The summed E-state index contributed by atoms with van der Waals surface area (Å²) in [6, 6.07) is 4.41. The Balaban J connectivity index is 2.49. The first kappa shape index (κ1) is 9.25. The molecule has 0 aliphatic carbocycles. The minimum Gasteiger partial charge on any atom is -0.277 e. The maximum absolute atomic E-state index is 3.23. The Bertz CT molecular complexity index is 392. The number of rotatable bonds is 1. The summed E-state index contributed by atoms with van der Waals surface area (Å²) < 4.78 is 2.28. The molecule has 1 aromatic rings. The molecule has 0 amide bonds. The molecule has 0 saturated heterocycles. The summed E-state index contributed by atoms with van der Waals surface area (Å²) in [5.74, 6) is 0. The van der Waals surface area contributed by atoms with Crippen LogP contribution in [-0.4, -0.2) is 24.0 Å². The molecule has 0 unspecified atom stereocenters. The second kappa shape index (κ2) is 3.45. The van der Waals surface area contributed by atoms with Crippen molar-refractivity contribution in [2.45, 2.75) is 20.8 Å². The van der Waals surface area contributed by atoms with E-state index in [1.807, 2.05) is 0 Å². The maximum Gasteiger partial charge on any atom is 0.237 e.